The quantitative estimate of drug-likeness (QED) is 0.657. The number of nitrogens with one attached hydrogen (secondary N) is 1. The molecule has 0 aliphatic carbocycles. The fraction of sp³-hybridized carbons (Fsp3) is 0.500. The van der Waals surface area contributed by atoms with E-state index in [9.17, 15) is 27.5 Å². The van der Waals surface area contributed by atoms with Crippen LogP contribution in [0.1, 0.15) is 12.8 Å². The molecule has 1 fully saturated rings. The first-order chi connectivity index (χ1) is 12.3. The van der Waals surface area contributed by atoms with Gasteiger partial charge in [-0.15, -0.1) is 0 Å². The average molecular weight is 388 g/mol. The fourth-order valence-electron chi connectivity index (χ4n) is 2.74. The number of aliphatic hydroxyl groups is 1. The molecule has 0 aromatic heterocycles. The van der Waals surface area contributed by atoms with E-state index >= 15 is 0 Å². The van der Waals surface area contributed by atoms with Crippen LogP contribution in [0.25, 0.3) is 0 Å². The molecule has 0 spiro atoms. The molecular weight excluding hydrogens is 367 g/mol. The highest BCUT2D eigenvalue weighted by Gasteiger charge is 2.34. The van der Waals surface area contributed by atoms with Crippen molar-refractivity contribution in [3.05, 3.63) is 30.1 Å². The summed E-state index contributed by atoms with van der Waals surface area (Å²) < 4.78 is 44.0. The number of carbonyl (C=O) groups is 2. The minimum Gasteiger partial charge on any atom is -0.467 e. The fourth-order valence-corrected chi connectivity index (χ4v) is 4.27. The van der Waals surface area contributed by atoms with Gasteiger partial charge in [-0.25, -0.2) is 17.6 Å². The lowest BCUT2D eigenvalue weighted by molar-refractivity contribution is -0.146. The van der Waals surface area contributed by atoms with E-state index in [1.165, 1.54) is 16.4 Å². The zero-order chi connectivity index (χ0) is 19.3. The summed E-state index contributed by atoms with van der Waals surface area (Å²) in [6, 6.07) is 3.27. The zero-order valence-electron chi connectivity index (χ0n) is 14.2. The number of hydrogen-bond acceptors (Lipinski definition) is 6. The maximum Gasteiger partial charge on any atom is 0.330 e. The summed E-state index contributed by atoms with van der Waals surface area (Å²) in [4.78, 5) is 23.8. The van der Waals surface area contributed by atoms with Gasteiger partial charge in [-0.05, 0) is 37.1 Å². The summed E-state index contributed by atoms with van der Waals surface area (Å²) in [5, 5.41) is 11.5. The van der Waals surface area contributed by atoms with Gasteiger partial charge in [0.1, 0.15) is 5.82 Å². The van der Waals surface area contributed by atoms with Gasteiger partial charge in [-0.2, -0.15) is 4.31 Å². The Balaban J connectivity index is 2.09. The normalized spacial score (nSPS) is 19.6. The Kier molecular flexibility index (Phi) is 6.68. The number of rotatable bonds is 6. The van der Waals surface area contributed by atoms with E-state index in [4.69, 9.17) is 0 Å². The van der Waals surface area contributed by atoms with Crippen molar-refractivity contribution in [1.82, 2.24) is 9.62 Å². The van der Waals surface area contributed by atoms with Crippen molar-refractivity contribution in [2.45, 2.75) is 23.8 Å². The Hall–Kier alpha value is -2.04. The molecule has 1 aromatic rings. The highest BCUT2D eigenvalue weighted by Crippen LogP contribution is 2.24. The number of ether oxygens (including phenoxy) is 1. The van der Waals surface area contributed by atoms with Gasteiger partial charge in [0, 0.05) is 13.1 Å². The van der Waals surface area contributed by atoms with Crippen molar-refractivity contribution < 1.29 is 32.2 Å². The molecule has 0 radical (unpaired) electrons. The van der Waals surface area contributed by atoms with E-state index in [1.807, 2.05) is 0 Å². The number of piperidine rings is 1. The number of benzene rings is 1. The molecule has 2 N–H and O–H groups in total. The molecule has 1 saturated heterocycles. The number of esters is 1. The maximum absolute atomic E-state index is 13.0. The van der Waals surface area contributed by atoms with Gasteiger partial charge in [0.25, 0.3) is 0 Å². The van der Waals surface area contributed by atoms with Crippen molar-refractivity contribution in [2.24, 2.45) is 5.92 Å². The Labute approximate surface area is 151 Å². The minimum atomic E-state index is -3.85. The van der Waals surface area contributed by atoms with E-state index in [0.717, 1.165) is 19.2 Å². The number of hydrogen-bond donors (Lipinski definition) is 2. The van der Waals surface area contributed by atoms with E-state index in [0.29, 0.717) is 12.8 Å². The Morgan fingerprint density at radius 2 is 2.04 bits per heavy atom. The average Bonchev–Trinajstić information content (AvgIpc) is 2.65. The Bertz CT molecular complexity index is 753. The summed E-state index contributed by atoms with van der Waals surface area (Å²) in [5.41, 5.74) is 0. The number of halogens is 1. The van der Waals surface area contributed by atoms with Gasteiger partial charge in [0.15, 0.2) is 6.04 Å². The summed E-state index contributed by atoms with van der Waals surface area (Å²) >= 11 is 0. The maximum atomic E-state index is 13.0. The van der Waals surface area contributed by atoms with Crippen LogP contribution in [0, 0.1) is 11.7 Å². The lowest BCUT2D eigenvalue weighted by Crippen LogP contribution is -2.50. The van der Waals surface area contributed by atoms with Gasteiger partial charge in [-0.1, -0.05) is 0 Å². The van der Waals surface area contributed by atoms with Gasteiger partial charge in [0.2, 0.25) is 15.9 Å². The molecular formula is C16H21FN2O6S. The summed E-state index contributed by atoms with van der Waals surface area (Å²) in [6.45, 7) is -0.447. The molecule has 1 heterocycles. The lowest BCUT2D eigenvalue weighted by atomic mass is 9.98. The van der Waals surface area contributed by atoms with E-state index in [-0.39, 0.29) is 18.0 Å². The first kappa shape index (κ1) is 20.3. The second-order valence-corrected chi connectivity index (χ2v) is 7.86. The van der Waals surface area contributed by atoms with Crippen LogP contribution in [-0.2, 0) is 24.3 Å². The predicted molar refractivity (Wildman–Crippen MR) is 88.9 cm³/mol. The molecule has 1 aliphatic heterocycles. The summed E-state index contributed by atoms with van der Waals surface area (Å²) in [6.07, 6.45) is 0.904. The van der Waals surface area contributed by atoms with E-state index in [2.05, 4.69) is 10.1 Å². The van der Waals surface area contributed by atoms with Gasteiger partial charge in [0.05, 0.1) is 24.5 Å². The van der Waals surface area contributed by atoms with Gasteiger partial charge in [-0.3, -0.25) is 4.79 Å². The number of carbonyl (C=O) groups excluding carboxylic acids is 2. The summed E-state index contributed by atoms with van der Waals surface area (Å²) in [5.74, 6) is -2.53. The Morgan fingerprint density at radius 1 is 1.38 bits per heavy atom. The monoisotopic (exact) mass is 388 g/mol. The third kappa shape index (κ3) is 4.57. The van der Waals surface area contributed by atoms with E-state index < -0.39 is 46.3 Å². The van der Waals surface area contributed by atoms with Crippen molar-refractivity contribution in [3.8, 4) is 0 Å². The molecule has 26 heavy (non-hydrogen) atoms. The standard InChI is InChI=1S/C16H21FN2O6S/c1-25-16(22)14(10-20)18-15(21)11-3-2-8-19(9-11)26(23,24)13-6-4-12(17)5-7-13/h4-7,11,14,20H,2-3,8-10H2,1H3,(H,18,21)/t11-,14+/m1/s1. The number of nitrogens with zero attached hydrogens (tertiary/aromatic N) is 1. The molecule has 1 aromatic carbocycles. The van der Waals surface area contributed by atoms with E-state index in [1.54, 1.807) is 0 Å². The van der Waals surface area contributed by atoms with Crippen LogP contribution < -0.4 is 5.32 Å². The molecule has 8 nitrogen and oxygen atoms in total. The molecule has 0 saturated carbocycles. The second-order valence-electron chi connectivity index (χ2n) is 5.92. The zero-order valence-corrected chi connectivity index (χ0v) is 15.0. The highest BCUT2D eigenvalue weighted by atomic mass is 32.2. The third-order valence-electron chi connectivity index (χ3n) is 4.19. The van der Waals surface area contributed by atoms with Crippen LogP contribution >= 0.6 is 0 Å². The van der Waals surface area contributed by atoms with Crippen LogP contribution in [-0.4, -0.2) is 62.6 Å². The van der Waals surface area contributed by atoms with Crippen molar-refractivity contribution in [3.63, 3.8) is 0 Å². The Morgan fingerprint density at radius 3 is 2.62 bits per heavy atom. The molecule has 1 amide bonds. The third-order valence-corrected chi connectivity index (χ3v) is 6.07. The van der Waals surface area contributed by atoms with Crippen LogP contribution in [0.5, 0.6) is 0 Å². The number of aliphatic hydroxyl groups excluding tert-OH is 1. The molecule has 10 heteroatoms. The molecule has 0 bridgehead atoms. The SMILES string of the molecule is COC(=O)[C@H](CO)NC(=O)[C@@H]1CCCN(S(=O)(=O)c2ccc(F)cc2)C1. The second kappa shape index (κ2) is 8.56. The van der Waals surface area contributed by atoms with Crippen LogP contribution in [0.2, 0.25) is 0 Å². The number of sulfonamides is 1. The van der Waals surface area contributed by atoms with Gasteiger partial charge < -0.3 is 15.2 Å². The molecule has 0 unspecified atom stereocenters. The first-order valence-electron chi connectivity index (χ1n) is 8.04. The van der Waals surface area contributed by atoms with Crippen LogP contribution in [0.3, 0.4) is 0 Å². The topological polar surface area (TPSA) is 113 Å². The minimum absolute atomic E-state index is 0.0530. The van der Waals surface area contributed by atoms with Crippen molar-refractivity contribution >= 4 is 21.9 Å². The highest BCUT2D eigenvalue weighted by molar-refractivity contribution is 7.89. The van der Waals surface area contributed by atoms with Crippen LogP contribution in [0.15, 0.2) is 29.2 Å². The predicted octanol–water partition coefficient (Wildman–Crippen LogP) is -0.124. The molecule has 1 aliphatic rings. The smallest absolute Gasteiger partial charge is 0.330 e. The summed E-state index contributed by atoms with van der Waals surface area (Å²) in [7, 11) is -2.72. The number of amides is 1. The molecule has 2 rings (SSSR count). The van der Waals surface area contributed by atoms with Crippen LogP contribution in [0.4, 0.5) is 4.39 Å². The number of methoxy groups -OCH3 is 1. The largest absolute Gasteiger partial charge is 0.467 e. The molecule has 144 valence electrons. The van der Waals surface area contributed by atoms with Crippen molar-refractivity contribution in [1.29, 1.82) is 0 Å². The molecule has 2 atom stereocenters. The first-order valence-corrected chi connectivity index (χ1v) is 9.48. The lowest BCUT2D eigenvalue weighted by Gasteiger charge is -2.31. The van der Waals surface area contributed by atoms with Gasteiger partial charge >= 0.3 is 5.97 Å². The van der Waals surface area contributed by atoms with Crippen molar-refractivity contribution in [2.75, 3.05) is 26.8 Å².